The van der Waals surface area contributed by atoms with Gasteiger partial charge in [0.05, 0.1) is 18.1 Å². The van der Waals surface area contributed by atoms with Gasteiger partial charge in [-0.2, -0.15) is 0 Å². The number of hydrogen-bond donors (Lipinski definition) is 0. The lowest BCUT2D eigenvalue weighted by Crippen LogP contribution is -2.36. The summed E-state index contributed by atoms with van der Waals surface area (Å²) in [5.74, 6) is 0. The van der Waals surface area contributed by atoms with Crippen LogP contribution in [0, 0.1) is 10.1 Å². The fourth-order valence-electron chi connectivity index (χ4n) is 2.07. The van der Waals surface area contributed by atoms with Crippen LogP contribution in [0.25, 0.3) is 11.0 Å². The predicted octanol–water partition coefficient (Wildman–Crippen LogP) is 0.968. The molecule has 1 aliphatic rings. The van der Waals surface area contributed by atoms with Gasteiger partial charge >= 0.3 is 5.69 Å². The SMILES string of the molecule is O=[N+]([O-])c1c(N2CCOCC2)ccc2nonc12. The van der Waals surface area contributed by atoms with Crippen molar-refractivity contribution in [2.75, 3.05) is 31.2 Å². The van der Waals surface area contributed by atoms with Crippen LogP contribution in [0.5, 0.6) is 0 Å². The van der Waals surface area contributed by atoms with Crippen LogP contribution in [-0.4, -0.2) is 41.5 Å². The van der Waals surface area contributed by atoms with Gasteiger partial charge in [-0.3, -0.25) is 10.1 Å². The first-order chi connectivity index (χ1) is 8.77. The Balaban J connectivity index is 2.14. The monoisotopic (exact) mass is 250 g/mol. The van der Waals surface area contributed by atoms with Crippen LogP contribution < -0.4 is 4.90 Å². The van der Waals surface area contributed by atoms with Crippen molar-refractivity contribution >= 4 is 22.4 Å². The number of benzene rings is 1. The third kappa shape index (κ3) is 1.66. The Hall–Kier alpha value is -2.22. The third-order valence-electron chi connectivity index (χ3n) is 2.91. The smallest absolute Gasteiger partial charge is 0.323 e. The summed E-state index contributed by atoms with van der Waals surface area (Å²) in [4.78, 5) is 12.7. The van der Waals surface area contributed by atoms with Crippen molar-refractivity contribution in [3.63, 3.8) is 0 Å². The molecule has 1 aliphatic heterocycles. The molecule has 1 aromatic heterocycles. The summed E-state index contributed by atoms with van der Waals surface area (Å²) >= 11 is 0. The molecule has 2 aromatic rings. The molecule has 0 N–H and O–H groups in total. The van der Waals surface area contributed by atoms with E-state index in [9.17, 15) is 10.1 Å². The number of aromatic nitrogens is 2. The molecule has 0 amide bonds. The summed E-state index contributed by atoms with van der Waals surface area (Å²) < 4.78 is 9.79. The van der Waals surface area contributed by atoms with E-state index in [0.29, 0.717) is 37.5 Å². The Morgan fingerprint density at radius 3 is 2.78 bits per heavy atom. The van der Waals surface area contributed by atoms with Crippen molar-refractivity contribution in [3.05, 3.63) is 22.2 Å². The number of morpholine rings is 1. The minimum Gasteiger partial charge on any atom is -0.378 e. The van der Waals surface area contributed by atoms with Gasteiger partial charge in [0.2, 0.25) is 5.52 Å². The molecule has 2 heterocycles. The van der Waals surface area contributed by atoms with Gasteiger partial charge in [0, 0.05) is 13.1 Å². The van der Waals surface area contributed by atoms with Crippen molar-refractivity contribution in [1.29, 1.82) is 0 Å². The Kier molecular flexibility index (Phi) is 2.56. The molecule has 8 heteroatoms. The number of hydrogen-bond acceptors (Lipinski definition) is 7. The highest BCUT2D eigenvalue weighted by atomic mass is 16.6. The standard InChI is InChI=1S/C10H10N4O4/c15-14(16)10-8(13-3-5-17-6-4-13)2-1-7-9(10)12-18-11-7/h1-2H,3-6H2. The van der Waals surface area contributed by atoms with E-state index in [1.165, 1.54) is 0 Å². The second-order valence-electron chi connectivity index (χ2n) is 3.92. The van der Waals surface area contributed by atoms with Crippen LogP contribution in [0.15, 0.2) is 16.8 Å². The summed E-state index contributed by atoms with van der Waals surface area (Å²) in [7, 11) is 0. The molecule has 0 aliphatic carbocycles. The van der Waals surface area contributed by atoms with Gasteiger partial charge in [0.1, 0.15) is 11.2 Å². The Morgan fingerprint density at radius 1 is 1.28 bits per heavy atom. The molecule has 1 saturated heterocycles. The summed E-state index contributed by atoms with van der Waals surface area (Å²) in [5, 5.41) is 18.4. The zero-order chi connectivity index (χ0) is 12.5. The van der Waals surface area contributed by atoms with E-state index >= 15 is 0 Å². The zero-order valence-electron chi connectivity index (χ0n) is 9.40. The number of nitrogens with zero attached hydrogens (tertiary/aromatic N) is 4. The molecule has 94 valence electrons. The van der Waals surface area contributed by atoms with Crippen LogP contribution in [0.3, 0.4) is 0 Å². The highest BCUT2D eigenvalue weighted by Gasteiger charge is 2.26. The zero-order valence-corrected chi connectivity index (χ0v) is 9.40. The van der Waals surface area contributed by atoms with Crippen molar-refractivity contribution in [2.45, 2.75) is 0 Å². The minimum absolute atomic E-state index is 0.0596. The lowest BCUT2D eigenvalue weighted by molar-refractivity contribution is -0.382. The van der Waals surface area contributed by atoms with E-state index in [1.807, 2.05) is 4.90 Å². The lowest BCUT2D eigenvalue weighted by atomic mass is 10.2. The van der Waals surface area contributed by atoms with Gasteiger partial charge < -0.3 is 9.64 Å². The van der Waals surface area contributed by atoms with Crippen LogP contribution in [0.1, 0.15) is 0 Å². The number of nitro benzene ring substituents is 1. The van der Waals surface area contributed by atoms with Crippen LogP contribution in [-0.2, 0) is 4.74 Å². The summed E-state index contributed by atoms with van der Waals surface area (Å²) in [6.45, 7) is 2.37. The normalized spacial score (nSPS) is 16.1. The molecule has 0 bridgehead atoms. The molecule has 1 fully saturated rings. The number of anilines is 1. The van der Waals surface area contributed by atoms with Gasteiger partial charge in [-0.15, -0.1) is 0 Å². The maximum absolute atomic E-state index is 11.2. The van der Waals surface area contributed by atoms with Gasteiger partial charge in [0.25, 0.3) is 0 Å². The molecule has 18 heavy (non-hydrogen) atoms. The topological polar surface area (TPSA) is 94.5 Å². The fraction of sp³-hybridized carbons (Fsp3) is 0.400. The first-order valence-corrected chi connectivity index (χ1v) is 5.50. The van der Waals surface area contributed by atoms with Crippen molar-refractivity contribution in [1.82, 2.24) is 10.3 Å². The van der Waals surface area contributed by atoms with Crippen LogP contribution >= 0.6 is 0 Å². The molecular formula is C10H10N4O4. The van der Waals surface area contributed by atoms with E-state index in [-0.39, 0.29) is 11.2 Å². The molecule has 0 unspecified atom stereocenters. The van der Waals surface area contributed by atoms with Gasteiger partial charge in [-0.05, 0) is 22.4 Å². The first kappa shape index (κ1) is 10.9. The predicted molar refractivity (Wildman–Crippen MR) is 61.5 cm³/mol. The van der Waals surface area contributed by atoms with Gasteiger partial charge in [-0.25, -0.2) is 4.63 Å². The minimum atomic E-state index is -0.447. The Bertz CT molecular complexity index is 591. The summed E-state index contributed by atoms with van der Waals surface area (Å²) in [5.41, 5.74) is 1.05. The van der Waals surface area contributed by atoms with E-state index in [0.717, 1.165) is 0 Å². The third-order valence-corrected chi connectivity index (χ3v) is 2.91. The number of fused-ring (bicyclic) bond motifs is 1. The second-order valence-corrected chi connectivity index (χ2v) is 3.92. The van der Waals surface area contributed by atoms with Gasteiger partial charge in [0.15, 0.2) is 0 Å². The van der Waals surface area contributed by atoms with Crippen molar-refractivity contribution in [2.24, 2.45) is 0 Å². The number of ether oxygens (including phenoxy) is 1. The largest absolute Gasteiger partial charge is 0.378 e. The quantitative estimate of drug-likeness (QED) is 0.578. The first-order valence-electron chi connectivity index (χ1n) is 5.50. The fourth-order valence-corrected chi connectivity index (χ4v) is 2.07. The van der Waals surface area contributed by atoms with Gasteiger partial charge in [-0.1, -0.05) is 0 Å². The van der Waals surface area contributed by atoms with Crippen LogP contribution in [0.4, 0.5) is 11.4 Å². The lowest BCUT2D eigenvalue weighted by Gasteiger charge is -2.28. The van der Waals surface area contributed by atoms with E-state index < -0.39 is 4.92 Å². The second kappa shape index (κ2) is 4.22. The molecule has 3 rings (SSSR count). The highest BCUT2D eigenvalue weighted by molar-refractivity contribution is 5.91. The molecular weight excluding hydrogens is 240 g/mol. The van der Waals surface area contributed by atoms with Crippen molar-refractivity contribution in [3.8, 4) is 0 Å². The maximum Gasteiger partial charge on any atom is 0.323 e. The summed E-state index contributed by atoms with van der Waals surface area (Å²) in [6, 6.07) is 3.35. The van der Waals surface area contributed by atoms with E-state index in [4.69, 9.17) is 4.74 Å². The average Bonchev–Trinajstić information content (AvgIpc) is 2.86. The molecule has 0 saturated carbocycles. The maximum atomic E-state index is 11.2. The molecule has 8 nitrogen and oxygen atoms in total. The molecule has 0 atom stereocenters. The summed E-state index contributed by atoms with van der Waals surface area (Å²) in [6.07, 6.45) is 0. The van der Waals surface area contributed by atoms with E-state index in [2.05, 4.69) is 14.9 Å². The molecule has 0 spiro atoms. The molecule has 1 aromatic carbocycles. The number of nitro groups is 1. The van der Waals surface area contributed by atoms with Crippen molar-refractivity contribution < 1.29 is 14.3 Å². The number of rotatable bonds is 2. The Morgan fingerprint density at radius 2 is 2.06 bits per heavy atom. The molecule has 0 radical (unpaired) electrons. The van der Waals surface area contributed by atoms with E-state index in [1.54, 1.807) is 12.1 Å². The highest BCUT2D eigenvalue weighted by Crippen LogP contribution is 2.34. The Labute approximate surface area is 101 Å². The average molecular weight is 250 g/mol. The van der Waals surface area contributed by atoms with Crippen LogP contribution in [0.2, 0.25) is 0 Å².